The third-order valence-electron chi connectivity index (χ3n) is 3.92. The maximum Gasteiger partial charge on any atom is 0.192 e. The lowest BCUT2D eigenvalue weighted by atomic mass is 10.00. The van der Waals surface area contributed by atoms with Crippen LogP contribution in [0.25, 0.3) is 0 Å². The molecule has 2 N–H and O–H groups in total. The van der Waals surface area contributed by atoms with E-state index < -0.39 is 21.1 Å². The highest BCUT2D eigenvalue weighted by atomic mass is 32.2. The lowest BCUT2D eigenvalue weighted by Crippen LogP contribution is -2.33. The van der Waals surface area contributed by atoms with Crippen molar-refractivity contribution >= 4 is 21.2 Å². The van der Waals surface area contributed by atoms with Crippen molar-refractivity contribution in [3.05, 3.63) is 52.9 Å². The molecule has 1 aromatic heterocycles. The van der Waals surface area contributed by atoms with E-state index in [1.54, 1.807) is 17.5 Å². The lowest BCUT2D eigenvalue weighted by molar-refractivity contribution is 0.542. The molecular formula is C15H17NO2S2. The van der Waals surface area contributed by atoms with Gasteiger partial charge in [-0.2, -0.15) is 0 Å². The van der Waals surface area contributed by atoms with Crippen LogP contribution in [0.5, 0.6) is 0 Å². The molecule has 106 valence electrons. The SMILES string of the molecule is NC1c2ccccc2CCCC1S(=O)(=O)c1cccs1. The molecule has 0 fully saturated rings. The molecule has 1 heterocycles. The van der Waals surface area contributed by atoms with Crippen LogP contribution in [-0.4, -0.2) is 13.7 Å². The summed E-state index contributed by atoms with van der Waals surface area (Å²) in [6.07, 6.45) is 2.39. The molecule has 2 aromatic rings. The summed E-state index contributed by atoms with van der Waals surface area (Å²) in [5, 5.41) is 1.27. The van der Waals surface area contributed by atoms with Crippen LogP contribution in [0.1, 0.15) is 30.0 Å². The van der Waals surface area contributed by atoms with Gasteiger partial charge in [-0.05, 0) is 41.8 Å². The van der Waals surface area contributed by atoms with Crippen molar-refractivity contribution in [2.45, 2.75) is 34.8 Å². The van der Waals surface area contributed by atoms with Crippen molar-refractivity contribution in [1.29, 1.82) is 0 Å². The van der Waals surface area contributed by atoms with Gasteiger partial charge in [0.05, 0.1) is 5.25 Å². The molecule has 3 rings (SSSR count). The molecule has 2 unspecified atom stereocenters. The molecule has 2 atom stereocenters. The normalized spacial score (nSPS) is 23.1. The van der Waals surface area contributed by atoms with Crippen molar-refractivity contribution in [2.75, 3.05) is 0 Å². The Balaban J connectivity index is 2.04. The van der Waals surface area contributed by atoms with Crippen molar-refractivity contribution in [3.8, 4) is 0 Å². The number of hydrogen-bond donors (Lipinski definition) is 1. The van der Waals surface area contributed by atoms with E-state index in [1.165, 1.54) is 16.9 Å². The summed E-state index contributed by atoms with van der Waals surface area (Å²) in [7, 11) is -3.34. The summed E-state index contributed by atoms with van der Waals surface area (Å²) in [5.74, 6) is 0. The van der Waals surface area contributed by atoms with Crippen LogP contribution in [0.4, 0.5) is 0 Å². The fourth-order valence-corrected chi connectivity index (χ4v) is 5.98. The largest absolute Gasteiger partial charge is 0.323 e. The third-order valence-corrected chi connectivity index (χ3v) is 7.59. The van der Waals surface area contributed by atoms with Gasteiger partial charge in [0.25, 0.3) is 0 Å². The van der Waals surface area contributed by atoms with E-state index in [0.717, 1.165) is 18.4 Å². The van der Waals surface area contributed by atoms with Crippen LogP contribution in [0.15, 0.2) is 46.0 Å². The van der Waals surface area contributed by atoms with E-state index in [1.807, 2.05) is 18.2 Å². The van der Waals surface area contributed by atoms with Crippen molar-refractivity contribution in [3.63, 3.8) is 0 Å². The Morgan fingerprint density at radius 3 is 2.70 bits per heavy atom. The second-order valence-electron chi connectivity index (χ2n) is 5.13. The Hall–Kier alpha value is -1.17. The van der Waals surface area contributed by atoms with Crippen molar-refractivity contribution in [2.24, 2.45) is 5.73 Å². The van der Waals surface area contributed by atoms with Crippen LogP contribution in [0, 0.1) is 0 Å². The van der Waals surface area contributed by atoms with Gasteiger partial charge in [-0.1, -0.05) is 30.3 Å². The molecule has 20 heavy (non-hydrogen) atoms. The van der Waals surface area contributed by atoms with Gasteiger partial charge in [-0.15, -0.1) is 11.3 Å². The Kier molecular flexibility index (Phi) is 3.67. The van der Waals surface area contributed by atoms with Gasteiger partial charge in [0.2, 0.25) is 0 Å². The van der Waals surface area contributed by atoms with Gasteiger partial charge in [0.1, 0.15) is 4.21 Å². The van der Waals surface area contributed by atoms with Crippen molar-refractivity contribution in [1.82, 2.24) is 0 Å². The van der Waals surface area contributed by atoms with Crippen LogP contribution in [-0.2, 0) is 16.3 Å². The van der Waals surface area contributed by atoms with Gasteiger partial charge < -0.3 is 5.73 Å². The van der Waals surface area contributed by atoms with Gasteiger partial charge in [0.15, 0.2) is 9.84 Å². The molecule has 0 bridgehead atoms. The highest BCUT2D eigenvalue weighted by Gasteiger charge is 2.36. The zero-order valence-electron chi connectivity index (χ0n) is 11.0. The average molecular weight is 307 g/mol. The average Bonchev–Trinajstić information content (AvgIpc) is 2.92. The number of thiophene rings is 1. The second-order valence-corrected chi connectivity index (χ2v) is 8.47. The second kappa shape index (κ2) is 5.31. The molecule has 1 aromatic carbocycles. The predicted molar refractivity (Wildman–Crippen MR) is 81.6 cm³/mol. The minimum atomic E-state index is -3.34. The predicted octanol–water partition coefficient (Wildman–Crippen LogP) is 2.93. The maximum absolute atomic E-state index is 12.8. The number of fused-ring (bicyclic) bond motifs is 1. The fraction of sp³-hybridized carbons (Fsp3) is 0.333. The van der Waals surface area contributed by atoms with Crippen molar-refractivity contribution < 1.29 is 8.42 Å². The summed E-state index contributed by atoms with van der Waals surface area (Å²) in [4.78, 5) is 0. The first kappa shape index (κ1) is 13.8. The summed E-state index contributed by atoms with van der Waals surface area (Å²) in [6.45, 7) is 0. The number of aryl methyl sites for hydroxylation is 1. The monoisotopic (exact) mass is 307 g/mol. The summed E-state index contributed by atoms with van der Waals surface area (Å²) >= 11 is 1.27. The number of benzene rings is 1. The van der Waals surface area contributed by atoms with E-state index >= 15 is 0 Å². The molecule has 0 aliphatic heterocycles. The van der Waals surface area contributed by atoms with Gasteiger partial charge in [-0.25, -0.2) is 8.42 Å². The molecular weight excluding hydrogens is 290 g/mol. The summed E-state index contributed by atoms with van der Waals surface area (Å²) in [5.41, 5.74) is 8.47. The molecule has 1 aliphatic carbocycles. The third kappa shape index (κ3) is 2.30. The van der Waals surface area contributed by atoms with Crippen LogP contribution in [0.3, 0.4) is 0 Å². The molecule has 3 nitrogen and oxygen atoms in total. The zero-order valence-corrected chi connectivity index (χ0v) is 12.7. The first-order chi connectivity index (χ1) is 9.60. The van der Waals surface area contributed by atoms with E-state index in [-0.39, 0.29) is 0 Å². The first-order valence-electron chi connectivity index (χ1n) is 6.71. The van der Waals surface area contributed by atoms with Gasteiger partial charge >= 0.3 is 0 Å². The van der Waals surface area contributed by atoms with Gasteiger partial charge in [-0.3, -0.25) is 0 Å². The standard InChI is InChI=1S/C15H17NO2S2/c16-15-12-7-2-1-5-11(12)6-3-8-13(15)20(17,18)14-9-4-10-19-14/h1-2,4-5,7,9-10,13,15H,3,6,8,16H2. The molecule has 0 radical (unpaired) electrons. The number of hydrogen-bond acceptors (Lipinski definition) is 4. The highest BCUT2D eigenvalue weighted by molar-refractivity contribution is 7.94. The molecule has 1 aliphatic rings. The maximum atomic E-state index is 12.8. The first-order valence-corrected chi connectivity index (χ1v) is 9.14. The molecule has 5 heteroatoms. The minimum absolute atomic E-state index is 0.428. The molecule has 0 spiro atoms. The Labute approximate surface area is 123 Å². The topological polar surface area (TPSA) is 60.2 Å². The Morgan fingerprint density at radius 2 is 1.95 bits per heavy atom. The van der Waals surface area contributed by atoms with E-state index in [0.29, 0.717) is 10.6 Å². The summed E-state index contributed by atoms with van der Waals surface area (Å²) < 4.78 is 25.9. The van der Waals surface area contributed by atoms with Gasteiger partial charge in [0, 0.05) is 6.04 Å². The van der Waals surface area contributed by atoms with Crippen LogP contribution in [0.2, 0.25) is 0 Å². The molecule has 0 saturated heterocycles. The summed E-state index contributed by atoms with van der Waals surface area (Å²) in [6, 6.07) is 10.9. The number of sulfone groups is 1. The highest BCUT2D eigenvalue weighted by Crippen LogP contribution is 2.35. The van der Waals surface area contributed by atoms with Crippen LogP contribution >= 0.6 is 11.3 Å². The molecule has 0 amide bonds. The minimum Gasteiger partial charge on any atom is -0.323 e. The smallest absolute Gasteiger partial charge is 0.192 e. The Bertz CT molecular complexity index is 692. The quantitative estimate of drug-likeness (QED) is 0.868. The fourth-order valence-electron chi connectivity index (χ4n) is 2.88. The number of nitrogens with two attached hydrogens (primary N) is 1. The van der Waals surface area contributed by atoms with Crippen LogP contribution < -0.4 is 5.73 Å². The lowest BCUT2D eigenvalue weighted by Gasteiger charge is -2.22. The molecule has 0 saturated carbocycles. The van der Waals surface area contributed by atoms with E-state index in [2.05, 4.69) is 6.07 Å². The van der Waals surface area contributed by atoms with E-state index in [9.17, 15) is 8.42 Å². The zero-order chi connectivity index (χ0) is 14.2. The Morgan fingerprint density at radius 1 is 1.15 bits per heavy atom. The van der Waals surface area contributed by atoms with E-state index in [4.69, 9.17) is 5.73 Å². The number of rotatable bonds is 2.